The third kappa shape index (κ3) is 10.5. The van der Waals surface area contributed by atoms with E-state index in [1.54, 1.807) is 5.01 Å². The molecular formula is C61H83N11O6S. The van der Waals surface area contributed by atoms with Crippen LogP contribution in [0.2, 0.25) is 0 Å². The van der Waals surface area contributed by atoms with Crippen molar-refractivity contribution in [1.82, 2.24) is 50.3 Å². The van der Waals surface area contributed by atoms with Crippen LogP contribution in [0, 0.1) is 22.7 Å². The summed E-state index contributed by atoms with van der Waals surface area (Å²) in [6.45, 7) is 20.7. The van der Waals surface area contributed by atoms with Gasteiger partial charge in [0.2, 0.25) is 11.8 Å². The molecule has 4 aromatic rings. The number of anilines is 1. The number of aromatic nitrogens is 3. The van der Waals surface area contributed by atoms with Crippen LogP contribution in [-0.2, 0) is 48.0 Å². The standard InChI is InChI=1S/C61H83N11O6S/c1-6-71-49-17-16-40-25-43(49)45(55(71)44-26-41(29-62-51(44)37(2)3)68-22-21-67-23-24-77-31-42(67)30-68)28-60(4,5)36-78-59(76)46-13-9-20-72(66-46)57(74)47(27-50-63-48(40)32-79-50)64-56(73)54(39-11-7-8-12-39)69-19-10-18-61(33-69)34-70(35-61)58(75)53-52(65-53)38-14-15-38/h16-17,25-26,29,32,37-39,42,46-47,52-54,65-66H,6-15,18-24,27-28,30-31,33-36H2,1-5H3,(H,64,73)/t42-,46-,47-,52+,53+,54-/m0/s1. The zero-order valence-electron chi connectivity index (χ0n) is 47.3. The highest BCUT2D eigenvalue weighted by Gasteiger charge is 2.57. The molecule has 79 heavy (non-hydrogen) atoms. The highest BCUT2D eigenvalue weighted by molar-refractivity contribution is 7.10. The van der Waals surface area contributed by atoms with E-state index in [0.717, 1.165) is 160 Å². The second kappa shape index (κ2) is 21.4. The predicted molar refractivity (Wildman–Crippen MR) is 305 cm³/mol. The number of morpholine rings is 1. The van der Waals surface area contributed by atoms with Gasteiger partial charge in [0, 0.05) is 110 Å². The molecule has 17 nitrogen and oxygen atoms in total. The number of hydrogen-bond donors (Lipinski definition) is 3. The quantitative estimate of drug-likeness (QED) is 0.118. The van der Waals surface area contributed by atoms with Gasteiger partial charge >= 0.3 is 5.97 Å². The summed E-state index contributed by atoms with van der Waals surface area (Å²) in [4.78, 5) is 78.2. The lowest BCUT2D eigenvalue weighted by Gasteiger charge is -2.56. The molecule has 13 rings (SSSR count). The van der Waals surface area contributed by atoms with Gasteiger partial charge in [-0.05, 0) is 113 Å². The van der Waals surface area contributed by atoms with Crippen LogP contribution in [0.3, 0.4) is 0 Å². The fourth-order valence-electron chi connectivity index (χ4n) is 15.1. The maximum atomic E-state index is 15.3. The summed E-state index contributed by atoms with van der Waals surface area (Å²) in [5, 5.41) is 12.4. The number of piperazine rings is 1. The molecule has 9 aliphatic rings. The summed E-state index contributed by atoms with van der Waals surface area (Å²) in [6, 6.07) is 7.71. The SMILES string of the molecule is CCn1c(-c2cc(N3CCN4CCOC[C@@H]4C3)cnc2C(C)C)c2c3cc(ccc31)-c1csc(n1)C[C@H](NC(=O)[C@H](C1CCCC1)N1CCCC3(CN(C(=O)[C@@H]4N[C@@H]4C4CC4)C3)C1)C(=O)N1CCC[C@H](N1)C(=O)OCC(C)(C)C2. The number of rotatable bonds is 10. The lowest BCUT2D eigenvalue weighted by atomic mass is 9.72. The maximum Gasteiger partial charge on any atom is 0.324 e. The van der Waals surface area contributed by atoms with Gasteiger partial charge < -0.3 is 29.2 Å². The van der Waals surface area contributed by atoms with Crippen LogP contribution in [-0.4, -0.2) is 173 Å². The largest absolute Gasteiger partial charge is 0.464 e. The Balaban J connectivity index is 0.823. The van der Waals surface area contributed by atoms with Gasteiger partial charge in [-0.25, -0.2) is 10.4 Å². The Bertz CT molecular complexity index is 2980. The lowest BCUT2D eigenvalue weighted by Crippen LogP contribution is -2.68. The first-order valence-corrected chi connectivity index (χ1v) is 31.1. The number of thiazole rings is 1. The molecular weight excluding hydrogens is 1010 g/mol. The van der Waals surface area contributed by atoms with E-state index in [1.807, 2.05) is 0 Å². The number of hydrogen-bond acceptors (Lipinski definition) is 14. The first-order chi connectivity index (χ1) is 38.2. The summed E-state index contributed by atoms with van der Waals surface area (Å²) < 4.78 is 14.7. The summed E-state index contributed by atoms with van der Waals surface area (Å²) >= 11 is 1.52. The monoisotopic (exact) mass is 1100 g/mol. The second-order valence-electron chi connectivity index (χ2n) is 26.2. The molecule has 2 saturated carbocycles. The van der Waals surface area contributed by atoms with Crippen molar-refractivity contribution in [2.75, 3.05) is 83.6 Å². The molecule has 3 aromatic heterocycles. The van der Waals surface area contributed by atoms with E-state index in [2.05, 4.69) is 111 Å². The number of fused-ring (bicyclic) bond motifs is 7. The minimum absolute atomic E-state index is 0.0216. The van der Waals surface area contributed by atoms with Crippen LogP contribution in [0.1, 0.15) is 121 Å². The zero-order chi connectivity index (χ0) is 54.3. The molecule has 6 atom stereocenters. The van der Waals surface area contributed by atoms with Crippen molar-refractivity contribution >= 4 is 51.6 Å². The molecule has 8 fully saturated rings. The summed E-state index contributed by atoms with van der Waals surface area (Å²) in [7, 11) is 0. The predicted octanol–water partition coefficient (Wildman–Crippen LogP) is 6.37. The molecule has 1 aromatic carbocycles. The van der Waals surface area contributed by atoms with E-state index in [0.29, 0.717) is 43.8 Å². The van der Waals surface area contributed by atoms with E-state index in [1.165, 1.54) is 29.7 Å². The molecule has 6 saturated heterocycles. The zero-order valence-corrected chi connectivity index (χ0v) is 48.1. The van der Waals surface area contributed by atoms with Crippen molar-refractivity contribution in [3.63, 3.8) is 0 Å². The number of ether oxygens (including phenoxy) is 2. The molecule has 7 aliphatic heterocycles. The number of pyridine rings is 1. The van der Waals surface area contributed by atoms with Gasteiger partial charge in [0.25, 0.3) is 5.91 Å². The molecule has 0 radical (unpaired) electrons. The summed E-state index contributed by atoms with van der Waals surface area (Å²) in [5.74, 6) is 0.469. The van der Waals surface area contributed by atoms with Gasteiger partial charge in [-0.1, -0.05) is 46.6 Å². The number of nitrogens with one attached hydrogen (secondary N) is 3. The highest BCUT2D eigenvalue weighted by atomic mass is 32.1. The van der Waals surface area contributed by atoms with Gasteiger partial charge in [0.15, 0.2) is 0 Å². The van der Waals surface area contributed by atoms with Crippen LogP contribution >= 0.6 is 11.3 Å². The average molecular weight is 1100 g/mol. The molecule has 1 spiro atoms. The first-order valence-electron chi connectivity index (χ1n) is 30.2. The molecule has 18 heteroatoms. The van der Waals surface area contributed by atoms with Crippen molar-refractivity contribution in [3.8, 4) is 22.5 Å². The number of esters is 1. The first kappa shape index (κ1) is 53.3. The van der Waals surface area contributed by atoms with Gasteiger partial charge in [0.05, 0.1) is 65.9 Å². The average Bonchev–Trinajstić information content (AvgIpc) is 4.45. The van der Waals surface area contributed by atoms with Crippen molar-refractivity contribution in [2.45, 2.75) is 160 Å². The fourth-order valence-corrected chi connectivity index (χ4v) is 15.9. The van der Waals surface area contributed by atoms with Crippen molar-refractivity contribution in [2.24, 2.45) is 22.7 Å². The van der Waals surface area contributed by atoms with Gasteiger partial charge in [-0.2, -0.15) is 0 Å². The lowest BCUT2D eigenvalue weighted by molar-refractivity contribution is -0.155. The number of amides is 3. The van der Waals surface area contributed by atoms with Crippen molar-refractivity contribution < 1.29 is 28.7 Å². The van der Waals surface area contributed by atoms with Crippen LogP contribution in [0.15, 0.2) is 35.8 Å². The Labute approximate surface area is 469 Å². The Kier molecular flexibility index (Phi) is 14.5. The molecule has 424 valence electrons. The highest BCUT2D eigenvalue weighted by Crippen LogP contribution is 2.46. The van der Waals surface area contributed by atoms with E-state index in [-0.39, 0.29) is 66.1 Å². The number of benzene rings is 1. The molecule has 3 N–H and O–H groups in total. The number of carbonyl (C=O) groups is 4. The number of likely N-dealkylation sites (tertiary alicyclic amines) is 2. The van der Waals surface area contributed by atoms with E-state index >= 15 is 9.59 Å². The number of hydrazine groups is 1. The van der Waals surface area contributed by atoms with Crippen LogP contribution in [0.4, 0.5) is 5.69 Å². The van der Waals surface area contributed by atoms with Crippen LogP contribution < -0.4 is 21.0 Å². The maximum absolute atomic E-state index is 15.3. The van der Waals surface area contributed by atoms with Gasteiger partial charge in [-0.3, -0.25) is 44.3 Å². The minimum atomic E-state index is -0.925. The minimum Gasteiger partial charge on any atom is -0.464 e. The Hall–Kier alpha value is -4.98. The molecule has 3 amide bonds. The molecule has 6 bridgehead atoms. The molecule has 2 aliphatic carbocycles. The summed E-state index contributed by atoms with van der Waals surface area (Å²) in [5.41, 5.74) is 11.4. The topological polar surface area (TPSA) is 180 Å². The summed E-state index contributed by atoms with van der Waals surface area (Å²) in [6.07, 6.45) is 12.6. The van der Waals surface area contributed by atoms with Gasteiger partial charge in [-0.15, -0.1) is 11.3 Å². The smallest absolute Gasteiger partial charge is 0.324 e. The molecule has 10 heterocycles. The Morgan fingerprint density at radius 1 is 0.962 bits per heavy atom. The number of aryl methyl sites for hydroxylation is 1. The van der Waals surface area contributed by atoms with Gasteiger partial charge in [0.1, 0.15) is 18.1 Å². The number of cyclic esters (lactones) is 1. The Morgan fingerprint density at radius 2 is 1.80 bits per heavy atom. The van der Waals surface area contributed by atoms with Crippen LogP contribution in [0.5, 0.6) is 0 Å². The normalized spacial score (nSPS) is 28.1. The van der Waals surface area contributed by atoms with Crippen molar-refractivity contribution in [1.29, 1.82) is 0 Å². The van der Waals surface area contributed by atoms with E-state index in [9.17, 15) is 9.59 Å². The molecule has 0 unspecified atom stereocenters. The van der Waals surface area contributed by atoms with E-state index < -0.39 is 17.5 Å². The fraction of sp³-hybridized carbons (Fsp3) is 0.672. The van der Waals surface area contributed by atoms with E-state index in [4.69, 9.17) is 19.4 Å². The second-order valence-corrected chi connectivity index (χ2v) is 27.2. The Morgan fingerprint density at radius 3 is 2.59 bits per heavy atom. The van der Waals surface area contributed by atoms with Crippen molar-refractivity contribution in [3.05, 3.63) is 52.1 Å². The van der Waals surface area contributed by atoms with Crippen LogP contribution in [0.25, 0.3) is 33.4 Å². The third-order valence-electron chi connectivity index (χ3n) is 19.4. The third-order valence-corrected chi connectivity index (χ3v) is 20.3. The number of carbonyl (C=O) groups excluding carboxylic acids is 4. The number of nitrogens with zero attached hydrogens (tertiary/aromatic N) is 8. The number of piperidine rings is 1.